The van der Waals surface area contributed by atoms with Crippen molar-refractivity contribution in [2.24, 2.45) is 0 Å². The summed E-state index contributed by atoms with van der Waals surface area (Å²) in [5.41, 5.74) is 1.63. The van der Waals surface area contributed by atoms with Gasteiger partial charge in [0.1, 0.15) is 0 Å². The molecule has 4 heteroatoms. The van der Waals surface area contributed by atoms with E-state index in [2.05, 4.69) is 5.16 Å². The minimum absolute atomic E-state index is 0.564. The van der Waals surface area contributed by atoms with Crippen LogP contribution >= 0.6 is 23.2 Å². The predicted molar refractivity (Wildman–Crippen MR) is 56.7 cm³/mol. The van der Waals surface area contributed by atoms with Crippen LogP contribution in [0.25, 0.3) is 11.3 Å². The molecule has 0 aliphatic heterocycles. The van der Waals surface area contributed by atoms with Crippen molar-refractivity contribution in [3.63, 3.8) is 0 Å². The van der Waals surface area contributed by atoms with Gasteiger partial charge in [0.25, 0.3) is 0 Å². The standard InChI is InChI=1S/C10H7Cl2NO/c1-6-4-10(14-13-6)8-3-2-7(11)5-9(8)12/h2-5H,1H3. The van der Waals surface area contributed by atoms with E-state index >= 15 is 0 Å². The first-order valence-electron chi connectivity index (χ1n) is 4.05. The zero-order chi connectivity index (χ0) is 10.1. The first kappa shape index (κ1) is 9.56. The number of hydrogen-bond donors (Lipinski definition) is 0. The third-order valence-electron chi connectivity index (χ3n) is 1.82. The molecule has 2 aromatic rings. The van der Waals surface area contributed by atoms with Crippen LogP contribution in [0.2, 0.25) is 10.0 Å². The Morgan fingerprint density at radius 1 is 1.21 bits per heavy atom. The van der Waals surface area contributed by atoms with Gasteiger partial charge in [-0.15, -0.1) is 0 Å². The smallest absolute Gasteiger partial charge is 0.168 e. The average Bonchev–Trinajstić information content (AvgIpc) is 2.51. The number of rotatable bonds is 1. The molecule has 14 heavy (non-hydrogen) atoms. The monoisotopic (exact) mass is 227 g/mol. The van der Waals surface area contributed by atoms with Crippen LogP contribution in [0, 0.1) is 6.92 Å². The molecule has 2 nitrogen and oxygen atoms in total. The van der Waals surface area contributed by atoms with E-state index in [-0.39, 0.29) is 0 Å². The Labute approximate surface area is 91.4 Å². The van der Waals surface area contributed by atoms with Crippen molar-refractivity contribution in [1.29, 1.82) is 0 Å². The van der Waals surface area contributed by atoms with E-state index in [9.17, 15) is 0 Å². The lowest BCUT2D eigenvalue weighted by molar-refractivity contribution is 0.427. The summed E-state index contributed by atoms with van der Waals surface area (Å²) in [7, 11) is 0. The first-order chi connectivity index (χ1) is 6.66. The van der Waals surface area contributed by atoms with E-state index in [0.29, 0.717) is 15.8 Å². The van der Waals surface area contributed by atoms with Crippen LogP contribution in [0.5, 0.6) is 0 Å². The number of benzene rings is 1. The third kappa shape index (κ3) is 1.76. The highest BCUT2D eigenvalue weighted by Gasteiger charge is 2.08. The molecule has 72 valence electrons. The summed E-state index contributed by atoms with van der Waals surface area (Å²) < 4.78 is 5.09. The molecule has 0 atom stereocenters. The highest BCUT2D eigenvalue weighted by atomic mass is 35.5. The van der Waals surface area contributed by atoms with Gasteiger partial charge in [-0.05, 0) is 25.1 Å². The van der Waals surface area contributed by atoms with Gasteiger partial charge < -0.3 is 4.52 Å². The molecule has 0 saturated carbocycles. The van der Waals surface area contributed by atoms with Crippen LogP contribution in [-0.4, -0.2) is 5.16 Å². The number of halogens is 2. The van der Waals surface area contributed by atoms with Crippen molar-refractivity contribution in [3.8, 4) is 11.3 Å². The van der Waals surface area contributed by atoms with Gasteiger partial charge in [0, 0.05) is 16.7 Å². The topological polar surface area (TPSA) is 26.0 Å². The molecule has 0 N–H and O–H groups in total. The predicted octanol–water partition coefficient (Wildman–Crippen LogP) is 3.96. The zero-order valence-corrected chi connectivity index (χ0v) is 8.93. The number of hydrogen-bond acceptors (Lipinski definition) is 2. The molecular weight excluding hydrogens is 221 g/mol. The summed E-state index contributed by atoms with van der Waals surface area (Å²) >= 11 is 11.8. The van der Waals surface area contributed by atoms with E-state index in [1.807, 2.05) is 19.1 Å². The normalized spacial score (nSPS) is 10.5. The molecule has 0 radical (unpaired) electrons. The van der Waals surface area contributed by atoms with Crippen molar-refractivity contribution in [1.82, 2.24) is 5.16 Å². The van der Waals surface area contributed by atoms with Crippen LogP contribution in [0.4, 0.5) is 0 Å². The van der Waals surface area contributed by atoms with Crippen LogP contribution in [0.3, 0.4) is 0 Å². The minimum Gasteiger partial charge on any atom is -0.356 e. The quantitative estimate of drug-likeness (QED) is 0.738. The molecule has 0 aliphatic carbocycles. The summed E-state index contributed by atoms with van der Waals surface area (Å²) in [5.74, 6) is 0.657. The molecule has 1 aromatic heterocycles. The fourth-order valence-corrected chi connectivity index (χ4v) is 1.68. The summed E-state index contributed by atoms with van der Waals surface area (Å²) in [5, 5.41) is 4.96. The second-order valence-electron chi connectivity index (χ2n) is 2.96. The van der Waals surface area contributed by atoms with Gasteiger partial charge in [-0.3, -0.25) is 0 Å². The summed E-state index contributed by atoms with van der Waals surface area (Å²) in [6.45, 7) is 1.86. The largest absolute Gasteiger partial charge is 0.356 e. The van der Waals surface area contributed by atoms with Crippen LogP contribution in [-0.2, 0) is 0 Å². The van der Waals surface area contributed by atoms with Crippen molar-refractivity contribution in [2.75, 3.05) is 0 Å². The molecule has 1 heterocycles. The van der Waals surface area contributed by atoms with Crippen LogP contribution in [0.15, 0.2) is 28.8 Å². The van der Waals surface area contributed by atoms with Crippen molar-refractivity contribution < 1.29 is 4.52 Å². The molecule has 0 saturated heterocycles. The zero-order valence-electron chi connectivity index (χ0n) is 7.42. The molecule has 0 aliphatic rings. The van der Waals surface area contributed by atoms with E-state index in [4.69, 9.17) is 27.7 Å². The highest BCUT2D eigenvalue weighted by Crippen LogP contribution is 2.30. The first-order valence-corrected chi connectivity index (χ1v) is 4.81. The maximum absolute atomic E-state index is 6.00. The van der Waals surface area contributed by atoms with Gasteiger partial charge in [0.2, 0.25) is 0 Å². The number of aromatic nitrogens is 1. The molecule has 0 bridgehead atoms. The molecule has 0 fully saturated rings. The molecule has 2 rings (SSSR count). The third-order valence-corrected chi connectivity index (χ3v) is 2.37. The minimum atomic E-state index is 0.564. The second-order valence-corrected chi connectivity index (χ2v) is 3.80. The molecule has 1 aromatic carbocycles. The van der Waals surface area contributed by atoms with E-state index in [1.165, 1.54) is 0 Å². The Kier molecular flexibility index (Phi) is 2.48. The Hall–Kier alpha value is -0.990. The maximum atomic E-state index is 6.00. The van der Waals surface area contributed by atoms with E-state index < -0.39 is 0 Å². The van der Waals surface area contributed by atoms with Gasteiger partial charge in [0.15, 0.2) is 5.76 Å². The van der Waals surface area contributed by atoms with Crippen molar-refractivity contribution >= 4 is 23.2 Å². The van der Waals surface area contributed by atoms with E-state index in [0.717, 1.165) is 11.3 Å². The van der Waals surface area contributed by atoms with Gasteiger partial charge >= 0.3 is 0 Å². The summed E-state index contributed by atoms with van der Waals surface area (Å²) in [6, 6.07) is 7.08. The summed E-state index contributed by atoms with van der Waals surface area (Å²) in [4.78, 5) is 0. The number of aryl methyl sites for hydroxylation is 1. The maximum Gasteiger partial charge on any atom is 0.168 e. The van der Waals surface area contributed by atoms with E-state index in [1.54, 1.807) is 12.1 Å². The lowest BCUT2D eigenvalue weighted by atomic mass is 10.1. The van der Waals surface area contributed by atoms with Crippen LogP contribution < -0.4 is 0 Å². The highest BCUT2D eigenvalue weighted by molar-refractivity contribution is 6.36. The lowest BCUT2D eigenvalue weighted by Gasteiger charge is -1.99. The fourth-order valence-electron chi connectivity index (χ4n) is 1.18. The van der Waals surface area contributed by atoms with Gasteiger partial charge in [-0.1, -0.05) is 28.4 Å². The second kappa shape index (κ2) is 3.64. The van der Waals surface area contributed by atoms with Gasteiger partial charge in [-0.25, -0.2) is 0 Å². The van der Waals surface area contributed by atoms with Crippen molar-refractivity contribution in [2.45, 2.75) is 6.92 Å². The van der Waals surface area contributed by atoms with Gasteiger partial charge in [-0.2, -0.15) is 0 Å². The summed E-state index contributed by atoms with van der Waals surface area (Å²) in [6.07, 6.45) is 0. The molecular formula is C10H7Cl2NO. The Bertz CT molecular complexity index is 465. The average molecular weight is 228 g/mol. The Balaban J connectivity index is 2.52. The lowest BCUT2D eigenvalue weighted by Crippen LogP contribution is -1.76. The Morgan fingerprint density at radius 2 is 2.00 bits per heavy atom. The molecule has 0 spiro atoms. The van der Waals surface area contributed by atoms with Crippen molar-refractivity contribution in [3.05, 3.63) is 40.0 Å². The Morgan fingerprint density at radius 3 is 2.57 bits per heavy atom. The van der Waals surface area contributed by atoms with Gasteiger partial charge in [0.05, 0.1) is 10.7 Å². The van der Waals surface area contributed by atoms with Crippen LogP contribution in [0.1, 0.15) is 5.69 Å². The fraction of sp³-hybridized carbons (Fsp3) is 0.100. The molecule has 0 amide bonds. The SMILES string of the molecule is Cc1cc(-c2ccc(Cl)cc2Cl)on1. The number of nitrogens with zero attached hydrogens (tertiary/aromatic N) is 1. The molecule has 0 unspecified atom stereocenters.